The van der Waals surface area contributed by atoms with Crippen LogP contribution in [0, 0.1) is 36.0 Å². The number of thiazole rings is 1. The molecule has 6 atom stereocenters. The number of para-hydroxylation sites is 1. The van der Waals surface area contributed by atoms with Gasteiger partial charge in [-0.2, -0.15) is 5.10 Å². The van der Waals surface area contributed by atoms with E-state index in [4.69, 9.17) is 49.6 Å². The van der Waals surface area contributed by atoms with E-state index in [0.717, 1.165) is 100 Å². The maximum absolute atomic E-state index is 14.7. The topological polar surface area (TPSA) is 343 Å². The van der Waals surface area contributed by atoms with Gasteiger partial charge in [-0.15, -0.1) is 10.2 Å². The number of aromatic nitrogens is 6. The monoisotopic (exact) mass is 1460 g/mol. The highest BCUT2D eigenvalue weighted by atomic mass is 32.1. The predicted molar refractivity (Wildman–Crippen MR) is 400 cm³/mol. The second-order valence-electron chi connectivity index (χ2n) is 30.8. The number of methoxy groups -OCH3 is 1. The molecular formula is C77H101N15O12S. The Labute approximate surface area is 617 Å². The predicted octanol–water partition coefficient (Wildman–Crippen LogP) is 11.5. The van der Waals surface area contributed by atoms with Crippen molar-refractivity contribution < 1.29 is 57.6 Å². The van der Waals surface area contributed by atoms with Crippen molar-refractivity contribution in [2.45, 2.75) is 183 Å². The summed E-state index contributed by atoms with van der Waals surface area (Å²) >= 11 is 1.56. The Balaban J connectivity index is 0.769. The summed E-state index contributed by atoms with van der Waals surface area (Å²) in [6.07, 6.45) is 8.39. The lowest BCUT2D eigenvalue weighted by Crippen LogP contribution is -2.64. The number of esters is 1. The maximum atomic E-state index is 14.7. The molecule has 562 valence electrons. The van der Waals surface area contributed by atoms with Gasteiger partial charge in [-0.05, 0) is 200 Å². The zero-order valence-corrected chi connectivity index (χ0v) is 63.0. The molecule has 4 aromatic heterocycles. The summed E-state index contributed by atoms with van der Waals surface area (Å²) in [5.41, 5.74) is 11.7. The molecule has 5 heterocycles. The average molecular weight is 1460 g/mol. The molecule has 0 spiro atoms. The first kappa shape index (κ1) is 76.6. The number of carbonyl (C=O) groups is 6. The van der Waals surface area contributed by atoms with Crippen LogP contribution in [0.15, 0.2) is 85.1 Å². The summed E-state index contributed by atoms with van der Waals surface area (Å²) in [6.45, 7) is 19.7. The Morgan fingerprint density at radius 1 is 0.829 bits per heavy atom. The Morgan fingerprint density at radius 2 is 1.59 bits per heavy atom. The number of pyridine rings is 1. The second kappa shape index (κ2) is 32.5. The number of hydrogen-bond acceptors (Lipinski definition) is 21. The van der Waals surface area contributed by atoms with Crippen LogP contribution in [0.4, 0.5) is 42.7 Å². The first-order valence-electron chi connectivity index (χ1n) is 36.3. The van der Waals surface area contributed by atoms with Crippen LogP contribution < -0.4 is 47.3 Å². The first-order valence-corrected chi connectivity index (χ1v) is 37.1. The van der Waals surface area contributed by atoms with E-state index >= 15 is 0 Å². The second-order valence-corrected chi connectivity index (χ2v) is 31.9. The summed E-state index contributed by atoms with van der Waals surface area (Å²) in [7, 11) is 3.38. The van der Waals surface area contributed by atoms with Gasteiger partial charge in [0.1, 0.15) is 42.5 Å². The van der Waals surface area contributed by atoms with Crippen molar-refractivity contribution in [1.29, 1.82) is 0 Å². The number of aliphatic hydroxyl groups excluding tert-OH is 1. The molecule has 1 aliphatic heterocycles. The van der Waals surface area contributed by atoms with Gasteiger partial charge < -0.3 is 76.2 Å². The molecule has 6 amide bonds. The molecule has 4 saturated carbocycles. The van der Waals surface area contributed by atoms with Crippen LogP contribution in [-0.4, -0.2) is 153 Å². The molecule has 28 heteroatoms. The summed E-state index contributed by atoms with van der Waals surface area (Å²) in [4.78, 5) is 94.5. The summed E-state index contributed by atoms with van der Waals surface area (Å²) in [6, 6.07) is 21.6. The highest BCUT2D eigenvalue weighted by Crippen LogP contribution is 2.72. The van der Waals surface area contributed by atoms with E-state index in [0.29, 0.717) is 66.1 Å². The molecule has 4 bridgehead atoms. The Kier molecular flexibility index (Phi) is 23.7. The van der Waals surface area contributed by atoms with Crippen LogP contribution in [0.1, 0.15) is 157 Å². The van der Waals surface area contributed by atoms with Crippen molar-refractivity contribution in [2.75, 3.05) is 69.1 Å². The zero-order chi connectivity index (χ0) is 75.0. The van der Waals surface area contributed by atoms with E-state index in [1.54, 1.807) is 83.2 Å². The van der Waals surface area contributed by atoms with Crippen LogP contribution in [0.3, 0.4) is 0 Å². The summed E-state index contributed by atoms with van der Waals surface area (Å²) in [5, 5.41) is 42.8. The molecule has 0 radical (unpaired) electrons. The number of fused-ring (bicyclic) bond motifs is 2. The number of anilines is 5. The van der Waals surface area contributed by atoms with Gasteiger partial charge in [0, 0.05) is 79.5 Å². The summed E-state index contributed by atoms with van der Waals surface area (Å²) < 4.78 is 33.3. The lowest BCUT2D eigenvalue weighted by Gasteiger charge is -2.69. The molecule has 27 nitrogen and oxygen atoms in total. The Bertz CT molecular complexity index is 4260. The number of primary amides is 1. The van der Waals surface area contributed by atoms with E-state index in [9.17, 15) is 33.9 Å². The molecule has 0 saturated heterocycles. The number of urea groups is 1. The van der Waals surface area contributed by atoms with Crippen LogP contribution >= 0.6 is 11.3 Å². The van der Waals surface area contributed by atoms with Gasteiger partial charge in [0.05, 0.1) is 35.7 Å². The number of benzene rings is 3. The number of alkyl carbamates (subject to hydrolysis) is 1. The van der Waals surface area contributed by atoms with Gasteiger partial charge in [0.15, 0.2) is 22.5 Å². The summed E-state index contributed by atoms with van der Waals surface area (Å²) in [5.74, 6) is 0.452. The number of rotatable bonds is 31. The van der Waals surface area contributed by atoms with Crippen molar-refractivity contribution in [3.05, 3.63) is 124 Å². The third-order valence-corrected chi connectivity index (χ3v) is 21.3. The lowest BCUT2D eigenvalue weighted by atomic mass is 9.39. The number of carbonyl (C=O) groups excluding carboxylic acids is 6. The zero-order valence-electron chi connectivity index (χ0n) is 62.2. The smallest absolute Gasteiger partial charge is 0.410 e. The molecule has 12 rings (SSSR count). The SMILES string of the molecule is CNCc1cc(NC(=O)[C@H](CCCNC(N)=O)NC(=O)[C@@H](NC(=O)OC(C)(C)C)C(C)C)ccc1COC(=O)N(CCCO)CCO[C@]12C[C@@]3(C)C[C@](C)(C[C@](Cn4ncc(-c5ccc(N6CCCc7c6nnc(Nc6nc8ccccc8s6)c7C)nc5C(=O)OCc5ccc(OC)cc5)c4C)(C3)C1)C2. The number of ether oxygens (including phenoxy) is 5. The maximum Gasteiger partial charge on any atom is 0.410 e. The van der Waals surface area contributed by atoms with Crippen molar-refractivity contribution in [3.8, 4) is 16.9 Å². The van der Waals surface area contributed by atoms with Gasteiger partial charge in [-0.25, -0.2) is 29.1 Å². The van der Waals surface area contributed by atoms with Crippen molar-refractivity contribution in [2.24, 2.45) is 27.9 Å². The number of aliphatic hydroxyl groups is 1. The molecule has 7 aromatic rings. The van der Waals surface area contributed by atoms with Crippen LogP contribution in [0.5, 0.6) is 5.75 Å². The number of amides is 6. The van der Waals surface area contributed by atoms with E-state index in [2.05, 4.69) is 55.5 Å². The Hall–Kier alpha value is -9.51. The van der Waals surface area contributed by atoms with Crippen LogP contribution in [0.2, 0.25) is 0 Å². The number of nitrogens with two attached hydrogens (primary N) is 1. The third-order valence-electron chi connectivity index (χ3n) is 20.3. The molecule has 0 unspecified atom stereocenters. The molecular weight excluding hydrogens is 1360 g/mol. The largest absolute Gasteiger partial charge is 0.497 e. The van der Waals surface area contributed by atoms with E-state index in [1.807, 2.05) is 85.6 Å². The fraction of sp³-hybridized carbons (Fsp3) is 0.519. The van der Waals surface area contributed by atoms with Crippen LogP contribution in [-0.2, 0) is 61.3 Å². The minimum absolute atomic E-state index is 0.0137. The molecule has 9 N–H and O–H groups in total. The minimum atomic E-state index is -1.08. The molecule has 5 aliphatic rings. The fourth-order valence-electron chi connectivity index (χ4n) is 16.8. The number of hydrogen-bond donors (Lipinski definition) is 8. The standard InChI is InChI=1S/C77H101N15O12S/c1-47(2)62(86-71(98)104-73(5,6)7)67(95)83-59(19-14-29-80-69(78)97)66(94)82-53-24-23-51(52(35-53)36-79-10)39-102-72(99)90(30-16-33-93)32-34-103-77-43-74(8)40-75(9,44-77)42-76(41-74,45-77)46-92-49(4)57(37-81-92)56-27-28-61(85-63(56)68(96)101-38-50-21-25-54(100-11)26-22-50)91-31-15-17-55-48(3)64(88-89-65(55)91)87-70-84-58-18-12-13-20-60(58)105-70/h12-13,18,20-28,35,37,47,59,62,79,93H,14-17,19,29-34,36,38-46H2,1-11H3,(H,82,94)(H,83,95)(H,86,98)(H3,78,80,97)(H,84,87,88)/t59-,62-,74-,75+,76+,77-/m0/s1. The van der Waals surface area contributed by atoms with Gasteiger partial charge >= 0.3 is 24.2 Å². The molecule has 4 fully saturated rings. The van der Waals surface area contributed by atoms with E-state index < -0.39 is 59.3 Å². The van der Waals surface area contributed by atoms with Crippen molar-refractivity contribution in [1.82, 2.24) is 56.1 Å². The van der Waals surface area contributed by atoms with Crippen molar-refractivity contribution in [3.63, 3.8) is 0 Å². The normalized spacial score (nSPS) is 20.0. The van der Waals surface area contributed by atoms with E-state index in [1.165, 1.54) is 0 Å². The van der Waals surface area contributed by atoms with Gasteiger partial charge in [0.25, 0.3) is 0 Å². The fourth-order valence-corrected chi connectivity index (χ4v) is 17.7. The highest BCUT2D eigenvalue weighted by molar-refractivity contribution is 7.22. The van der Waals surface area contributed by atoms with Gasteiger partial charge in [-0.1, -0.05) is 69.4 Å². The van der Waals surface area contributed by atoms with E-state index in [-0.39, 0.29) is 86.8 Å². The average Bonchev–Trinajstić information content (AvgIpc) is 1.37. The minimum Gasteiger partial charge on any atom is -0.497 e. The third kappa shape index (κ3) is 18.6. The van der Waals surface area contributed by atoms with Gasteiger partial charge in [-0.3, -0.25) is 14.3 Å². The molecule has 4 aliphatic carbocycles. The quantitative estimate of drug-likeness (QED) is 0.0114. The van der Waals surface area contributed by atoms with Crippen molar-refractivity contribution >= 4 is 85.8 Å². The lowest BCUT2D eigenvalue weighted by molar-refractivity contribution is -0.248. The number of nitrogens with one attached hydrogen (secondary N) is 6. The highest BCUT2D eigenvalue weighted by Gasteiger charge is 2.66. The first-order chi connectivity index (χ1) is 50.1. The van der Waals surface area contributed by atoms with Gasteiger partial charge in [0.2, 0.25) is 11.8 Å². The van der Waals surface area contributed by atoms with Crippen LogP contribution in [0.25, 0.3) is 21.3 Å². The number of nitrogens with zero attached hydrogens (tertiary/aromatic N) is 8. The molecule has 105 heavy (non-hydrogen) atoms. The Morgan fingerprint density at radius 3 is 2.30 bits per heavy atom. The molecule has 3 aromatic carbocycles.